The highest BCUT2D eigenvalue weighted by atomic mass is 16.5. The zero-order valence-electron chi connectivity index (χ0n) is 14.2. The van der Waals surface area contributed by atoms with Crippen molar-refractivity contribution in [2.75, 3.05) is 11.5 Å². The van der Waals surface area contributed by atoms with Gasteiger partial charge in [0.05, 0.1) is 12.3 Å². The van der Waals surface area contributed by atoms with Crippen LogP contribution in [0.3, 0.4) is 0 Å². The third kappa shape index (κ3) is 4.57. The van der Waals surface area contributed by atoms with Crippen LogP contribution in [0, 0.1) is 5.92 Å². The summed E-state index contributed by atoms with van der Waals surface area (Å²) in [6, 6.07) is 7.17. The lowest BCUT2D eigenvalue weighted by atomic mass is 9.99. The average Bonchev–Trinajstić information content (AvgIpc) is 2.83. The van der Waals surface area contributed by atoms with Crippen molar-refractivity contribution < 1.29 is 14.3 Å². The maximum atomic E-state index is 12.5. The number of benzene rings is 1. The number of hydrogen-bond acceptors (Lipinski definition) is 3. The Morgan fingerprint density at radius 3 is 2.39 bits per heavy atom. The molecule has 4 nitrogen and oxygen atoms in total. The van der Waals surface area contributed by atoms with Crippen LogP contribution < -0.4 is 9.64 Å². The van der Waals surface area contributed by atoms with Crippen molar-refractivity contribution in [1.82, 2.24) is 0 Å². The van der Waals surface area contributed by atoms with E-state index in [2.05, 4.69) is 6.92 Å². The second-order valence-electron chi connectivity index (χ2n) is 6.10. The van der Waals surface area contributed by atoms with Gasteiger partial charge in [0, 0.05) is 12.3 Å². The van der Waals surface area contributed by atoms with Crippen LogP contribution in [-0.4, -0.2) is 18.4 Å². The van der Waals surface area contributed by atoms with Gasteiger partial charge in [-0.05, 0) is 37.6 Å². The Balaban J connectivity index is 1.92. The van der Waals surface area contributed by atoms with E-state index >= 15 is 0 Å². The maximum absolute atomic E-state index is 12.5. The first kappa shape index (κ1) is 17.5. The first-order valence-electron chi connectivity index (χ1n) is 8.77. The van der Waals surface area contributed by atoms with Crippen molar-refractivity contribution in [2.45, 2.75) is 58.8 Å². The van der Waals surface area contributed by atoms with Gasteiger partial charge in [0.1, 0.15) is 5.75 Å². The number of nitrogens with zero attached hydrogens (tertiary/aromatic N) is 1. The summed E-state index contributed by atoms with van der Waals surface area (Å²) in [5, 5.41) is 0. The van der Waals surface area contributed by atoms with Crippen LogP contribution in [0.25, 0.3) is 0 Å². The third-order valence-electron chi connectivity index (χ3n) is 4.30. The van der Waals surface area contributed by atoms with E-state index in [1.165, 1.54) is 24.2 Å². The molecule has 126 valence electrons. The molecular formula is C19H27NO3. The first-order valence-corrected chi connectivity index (χ1v) is 8.77. The summed E-state index contributed by atoms with van der Waals surface area (Å²) in [5.74, 6) is 0.478. The fraction of sp³-hybridized carbons (Fsp3) is 0.579. The molecule has 1 saturated heterocycles. The van der Waals surface area contributed by atoms with Gasteiger partial charge < -0.3 is 4.74 Å². The molecule has 1 aromatic rings. The zero-order valence-corrected chi connectivity index (χ0v) is 14.2. The van der Waals surface area contributed by atoms with Crippen molar-refractivity contribution in [3.8, 4) is 5.75 Å². The fourth-order valence-electron chi connectivity index (χ4n) is 3.04. The van der Waals surface area contributed by atoms with Gasteiger partial charge in [0.2, 0.25) is 11.8 Å². The molecular weight excluding hydrogens is 290 g/mol. The molecule has 1 unspecified atom stereocenters. The Morgan fingerprint density at radius 2 is 1.74 bits per heavy atom. The van der Waals surface area contributed by atoms with Gasteiger partial charge in [-0.25, -0.2) is 0 Å². The number of anilines is 1. The Hall–Kier alpha value is -1.84. The van der Waals surface area contributed by atoms with E-state index in [1.807, 2.05) is 6.92 Å². The molecule has 0 aromatic heterocycles. The van der Waals surface area contributed by atoms with E-state index in [9.17, 15) is 9.59 Å². The minimum Gasteiger partial charge on any atom is -0.494 e. The van der Waals surface area contributed by atoms with Gasteiger partial charge in [-0.3, -0.25) is 14.5 Å². The summed E-state index contributed by atoms with van der Waals surface area (Å²) in [6.07, 6.45) is 7.02. The first-order chi connectivity index (χ1) is 11.2. The van der Waals surface area contributed by atoms with Gasteiger partial charge >= 0.3 is 0 Å². The molecule has 23 heavy (non-hydrogen) atoms. The number of rotatable bonds is 9. The van der Waals surface area contributed by atoms with Crippen LogP contribution in [-0.2, 0) is 9.59 Å². The third-order valence-corrected chi connectivity index (χ3v) is 4.30. The van der Waals surface area contributed by atoms with Crippen molar-refractivity contribution in [3.05, 3.63) is 24.3 Å². The molecule has 0 aliphatic carbocycles. The predicted octanol–water partition coefficient (Wildman–Crippen LogP) is 4.33. The second kappa shape index (κ2) is 8.70. The lowest BCUT2D eigenvalue weighted by Crippen LogP contribution is -2.30. The Kier molecular flexibility index (Phi) is 6.63. The van der Waals surface area contributed by atoms with E-state index in [4.69, 9.17) is 4.74 Å². The molecule has 0 bridgehead atoms. The molecule has 0 N–H and O–H groups in total. The number of ether oxygens (including phenoxy) is 1. The van der Waals surface area contributed by atoms with E-state index in [0.717, 1.165) is 25.0 Å². The number of imide groups is 1. The normalized spacial score (nSPS) is 17.8. The predicted molar refractivity (Wildman–Crippen MR) is 91.6 cm³/mol. The van der Waals surface area contributed by atoms with Gasteiger partial charge in [-0.1, -0.05) is 39.0 Å². The molecule has 1 heterocycles. The highest BCUT2D eigenvalue weighted by molar-refractivity contribution is 6.20. The number of carbonyl (C=O) groups is 2. The van der Waals surface area contributed by atoms with Crippen LogP contribution >= 0.6 is 0 Å². The average molecular weight is 317 g/mol. The summed E-state index contributed by atoms with van der Waals surface area (Å²) < 4.78 is 5.40. The minimum atomic E-state index is -0.143. The van der Waals surface area contributed by atoms with Crippen LogP contribution in [0.5, 0.6) is 5.75 Å². The van der Waals surface area contributed by atoms with E-state index in [-0.39, 0.29) is 17.7 Å². The molecule has 0 radical (unpaired) electrons. The second-order valence-corrected chi connectivity index (χ2v) is 6.10. The number of hydrogen-bond donors (Lipinski definition) is 0. The Labute approximate surface area is 138 Å². The van der Waals surface area contributed by atoms with Crippen LogP contribution in [0.1, 0.15) is 58.8 Å². The van der Waals surface area contributed by atoms with E-state index < -0.39 is 0 Å². The molecule has 1 aliphatic heterocycles. The Bertz CT molecular complexity index is 524. The lowest BCUT2D eigenvalue weighted by Gasteiger charge is -2.15. The molecule has 1 aromatic carbocycles. The summed E-state index contributed by atoms with van der Waals surface area (Å²) in [7, 11) is 0. The number of unbranched alkanes of at least 4 members (excludes halogenated alkanes) is 4. The van der Waals surface area contributed by atoms with Gasteiger partial charge in [-0.15, -0.1) is 0 Å². The standard InChI is InChI=1S/C19H27NO3/c1-3-5-6-7-8-9-15-14-18(21)20(19(15)22)16-10-12-17(13-11-16)23-4-2/h10-13,15H,3-9,14H2,1-2H3. The monoisotopic (exact) mass is 317 g/mol. The van der Waals surface area contributed by atoms with Crippen LogP contribution in [0.15, 0.2) is 24.3 Å². The van der Waals surface area contributed by atoms with Crippen molar-refractivity contribution in [3.63, 3.8) is 0 Å². The molecule has 1 atom stereocenters. The molecule has 0 spiro atoms. The van der Waals surface area contributed by atoms with Crippen molar-refractivity contribution in [2.24, 2.45) is 5.92 Å². The summed E-state index contributed by atoms with van der Waals surface area (Å²) in [5.41, 5.74) is 0.650. The molecule has 1 aliphatic rings. The quantitative estimate of drug-likeness (QED) is 0.503. The Morgan fingerprint density at radius 1 is 1.04 bits per heavy atom. The maximum Gasteiger partial charge on any atom is 0.237 e. The molecule has 0 saturated carbocycles. The minimum absolute atomic E-state index is 0.0466. The summed E-state index contributed by atoms with van der Waals surface area (Å²) in [6.45, 7) is 4.71. The van der Waals surface area contributed by atoms with Gasteiger partial charge in [0.25, 0.3) is 0 Å². The van der Waals surface area contributed by atoms with Crippen molar-refractivity contribution >= 4 is 17.5 Å². The van der Waals surface area contributed by atoms with Gasteiger partial charge in [-0.2, -0.15) is 0 Å². The number of carbonyl (C=O) groups excluding carboxylic acids is 2. The zero-order chi connectivity index (χ0) is 16.7. The van der Waals surface area contributed by atoms with Gasteiger partial charge in [0.15, 0.2) is 0 Å². The van der Waals surface area contributed by atoms with Crippen LogP contribution in [0.2, 0.25) is 0 Å². The molecule has 2 amide bonds. The smallest absolute Gasteiger partial charge is 0.237 e. The van der Waals surface area contributed by atoms with E-state index in [0.29, 0.717) is 18.7 Å². The highest BCUT2D eigenvalue weighted by Crippen LogP contribution is 2.30. The largest absolute Gasteiger partial charge is 0.494 e. The summed E-state index contributed by atoms with van der Waals surface area (Å²) >= 11 is 0. The molecule has 1 fully saturated rings. The number of amides is 2. The lowest BCUT2D eigenvalue weighted by molar-refractivity contribution is -0.122. The molecule has 4 heteroatoms. The molecule has 2 rings (SSSR count). The topological polar surface area (TPSA) is 46.6 Å². The van der Waals surface area contributed by atoms with E-state index in [1.54, 1.807) is 24.3 Å². The summed E-state index contributed by atoms with van der Waals surface area (Å²) in [4.78, 5) is 26.1. The van der Waals surface area contributed by atoms with Crippen LogP contribution in [0.4, 0.5) is 5.69 Å². The SMILES string of the molecule is CCCCCCCC1CC(=O)N(c2ccc(OCC)cc2)C1=O. The highest BCUT2D eigenvalue weighted by Gasteiger charge is 2.38. The fourth-order valence-corrected chi connectivity index (χ4v) is 3.04. The van der Waals surface area contributed by atoms with Crippen molar-refractivity contribution in [1.29, 1.82) is 0 Å².